The normalized spacial score (nSPS) is 12.0. The molecule has 0 aliphatic rings. The lowest BCUT2D eigenvalue weighted by atomic mass is 10.1. The van der Waals surface area contributed by atoms with E-state index in [0.29, 0.717) is 22.5 Å². The van der Waals surface area contributed by atoms with Gasteiger partial charge in [-0.1, -0.05) is 84.4 Å². The summed E-state index contributed by atoms with van der Waals surface area (Å²) in [5.74, 6) is 1.77. The molecule has 0 bridgehead atoms. The first-order chi connectivity index (χ1) is 22.7. The van der Waals surface area contributed by atoms with Crippen LogP contribution in [0.25, 0.3) is 96.4 Å². The molecule has 0 aliphatic heterocycles. The molecule has 46 heavy (non-hydrogen) atoms. The van der Waals surface area contributed by atoms with Crippen LogP contribution in [0.2, 0.25) is 5.02 Å². The zero-order chi connectivity index (χ0) is 30.4. The van der Waals surface area contributed by atoms with E-state index in [2.05, 4.69) is 84.9 Å². The van der Waals surface area contributed by atoms with Crippen molar-refractivity contribution in [2.45, 2.75) is 0 Å². The molecular weight excluding hydrogens is 626 g/mol. The van der Waals surface area contributed by atoms with Crippen molar-refractivity contribution < 1.29 is 4.42 Å². The molecule has 4 heterocycles. The Hall–Kier alpha value is -5.14. The van der Waals surface area contributed by atoms with Gasteiger partial charge in [-0.15, -0.1) is 22.7 Å². The minimum absolute atomic E-state index is 0.577. The molecule has 4 nitrogen and oxygen atoms in total. The van der Waals surface area contributed by atoms with E-state index in [9.17, 15) is 0 Å². The number of para-hydroxylation sites is 1. The van der Waals surface area contributed by atoms with Crippen LogP contribution in [0.4, 0.5) is 0 Å². The third kappa shape index (κ3) is 4.01. The van der Waals surface area contributed by atoms with Gasteiger partial charge in [0.1, 0.15) is 11.2 Å². The topological polar surface area (TPSA) is 51.8 Å². The van der Waals surface area contributed by atoms with Gasteiger partial charge in [-0.2, -0.15) is 0 Å². The van der Waals surface area contributed by atoms with Gasteiger partial charge in [0.05, 0.1) is 0 Å². The van der Waals surface area contributed by atoms with Crippen molar-refractivity contribution in [3.05, 3.63) is 126 Å². The van der Waals surface area contributed by atoms with E-state index in [-0.39, 0.29) is 0 Å². The number of fused-ring (bicyclic) bond motifs is 9. The largest absolute Gasteiger partial charge is 0.456 e. The van der Waals surface area contributed by atoms with Gasteiger partial charge >= 0.3 is 0 Å². The summed E-state index contributed by atoms with van der Waals surface area (Å²) in [7, 11) is 0. The van der Waals surface area contributed by atoms with Crippen LogP contribution in [0, 0.1) is 0 Å². The van der Waals surface area contributed by atoms with Crippen LogP contribution < -0.4 is 0 Å². The molecule has 0 aliphatic carbocycles. The molecule has 0 N–H and O–H groups in total. The molecule has 0 atom stereocenters. The molecule has 10 rings (SSSR count). The smallest absolute Gasteiger partial charge is 0.165 e. The number of nitrogens with zero attached hydrogens (tertiary/aromatic N) is 3. The minimum Gasteiger partial charge on any atom is -0.456 e. The predicted molar refractivity (Wildman–Crippen MR) is 194 cm³/mol. The Balaban J connectivity index is 1.23. The molecule has 0 radical (unpaired) electrons. The van der Waals surface area contributed by atoms with Gasteiger partial charge in [0.25, 0.3) is 0 Å². The lowest BCUT2D eigenvalue weighted by Crippen LogP contribution is -2.00. The van der Waals surface area contributed by atoms with Crippen molar-refractivity contribution >= 4 is 96.6 Å². The van der Waals surface area contributed by atoms with Gasteiger partial charge in [-0.25, -0.2) is 15.0 Å². The summed E-state index contributed by atoms with van der Waals surface area (Å²) in [6.45, 7) is 0. The summed E-state index contributed by atoms with van der Waals surface area (Å²) in [5, 5.41) is 7.56. The number of benzene rings is 6. The molecule has 0 saturated carbocycles. The maximum Gasteiger partial charge on any atom is 0.165 e. The van der Waals surface area contributed by atoms with E-state index in [1.54, 1.807) is 22.7 Å². The van der Waals surface area contributed by atoms with Crippen LogP contribution in [0.1, 0.15) is 0 Å². The molecule has 4 aromatic heterocycles. The monoisotopic (exact) mass is 645 g/mol. The number of furan rings is 1. The highest BCUT2D eigenvalue weighted by Gasteiger charge is 2.19. The quantitative estimate of drug-likeness (QED) is 0.192. The summed E-state index contributed by atoms with van der Waals surface area (Å²) in [4.78, 5) is 15.3. The first-order valence-electron chi connectivity index (χ1n) is 14.9. The van der Waals surface area contributed by atoms with Gasteiger partial charge in [0.15, 0.2) is 17.5 Å². The van der Waals surface area contributed by atoms with Crippen LogP contribution in [0.3, 0.4) is 0 Å². The fourth-order valence-electron chi connectivity index (χ4n) is 6.44. The first-order valence-corrected chi connectivity index (χ1v) is 16.9. The van der Waals surface area contributed by atoms with Crippen LogP contribution in [0.15, 0.2) is 126 Å². The van der Waals surface area contributed by atoms with Crippen LogP contribution in [-0.2, 0) is 0 Å². The molecule has 0 spiro atoms. The van der Waals surface area contributed by atoms with Gasteiger partial charge in [0, 0.05) is 72.8 Å². The fraction of sp³-hybridized carbons (Fsp3) is 0. The van der Waals surface area contributed by atoms with Crippen molar-refractivity contribution in [1.82, 2.24) is 15.0 Å². The van der Waals surface area contributed by atoms with E-state index in [1.807, 2.05) is 36.4 Å². The van der Waals surface area contributed by atoms with E-state index in [1.165, 1.54) is 30.3 Å². The van der Waals surface area contributed by atoms with E-state index in [4.69, 9.17) is 31.0 Å². The lowest BCUT2D eigenvalue weighted by Gasteiger charge is -2.10. The third-order valence-electron chi connectivity index (χ3n) is 8.59. The number of rotatable bonds is 3. The van der Waals surface area contributed by atoms with E-state index in [0.717, 1.165) is 48.7 Å². The Morgan fingerprint density at radius 3 is 1.85 bits per heavy atom. The molecular formula is C39H20ClN3OS2. The third-order valence-corrected chi connectivity index (χ3v) is 11.2. The molecule has 6 aromatic carbocycles. The summed E-state index contributed by atoms with van der Waals surface area (Å²) in [5.41, 5.74) is 4.33. The maximum absolute atomic E-state index is 6.78. The van der Waals surface area contributed by atoms with Crippen molar-refractivity contribution in [2.24, 2.45) is 0 Å². The van der Waals surface area contributed by atoms with Crippen LogP contribution in [0.5, 0.6) is 0 Å². The average molecular weight is 646 g/mol. The number of thiophene rings is 2. The Kier molecular flexibility index (Phi) is 5.64. The molecule has 0 saturated heterocycles. The SMILES string of the molecule is Clc1cc(-c2nc(-c3ccc4c(c3)oc3ccccc34)nc(-c3ccc4c(c3)sc3ccccc34)n2)c2sc3ccccc3c2c1. The number of hydrogen-bond donors (Lipinski definition) is 0. The van der Waals surface area contributed by atoms with Gasteiger partial charge in [0.2, 0.25) is 0 Å². The zero-order valence-electron chi connectivity index (χ0n) is 24.0. The van der Waals surface area contributed by atoms with Gasteiger partial charge in [-0.3, -0.25) is 0 Å². The zero-order valence-corrected chi connectivity index (χ0v) is 26.4. The van der Waals surface area contributed by atoms with Crippen molar-refractivity contribution in [1.29, 1.82) is 0 Å². The number of aromatic nitrogens is 3. The second kappa shape index (κ2) is 9.93. The summed E-state index contributed by atoms with van der Waals surface area (Å²) in [6.07, 6.45) is 0. The highest BCUT2D eigenvalue weighted by atomic mass is 35.5. The van der Waals surface area contributed by atoms with Crippen molar-refractivity contribution in [3.8, 4) is 34.2 Å². The number of hydrogen-bond acceptors (Lipinski definition) is 6. The lowest BCUT2D eigenvalue weighted by molar-refractivity contribution is 0.669. The molecule has 216 valence electrons. The summed E-state index contributed by atoms with van der Waals surface area (Å²) in [6, 6.07) is 41.7. The van der Waals surface area contributed by atoms with Gasteiger partial charge in [-0.05, 0) is 48.5 Å². The van der Waals surface area contributed by atoms with E-state index >= 15 is 0 Å². The molecule has 7 heteroatoms. The summed E-state index contributed by atoms with van der Waals surface area (Å²) >= 11 is 10.3. The van der Waals surface area contributed by atoms with E-state index < -0.39 is 0 Å². The van der Waals surface area contributed by atoms with Crippen molar-refractivity contribution in [3.63, 3.8) is 0 Å². The molecule has 0 amide bonds. The second-order valence-electron chi connectivity index (χ2n) is 11.4. The highest BCUT2D eigenvalue weighted by molar-refractivity contribution is 7.26. The summed E-state index contributed by atoms with van der Waals surface area (Å²) < 4.78 is 11.0. The Morgan fingerprint density at radius 2 is 1.04 bits per heavy atom. The first kappa shape index (κ1) is 26.1. The highest BCUT2D eigenvalue weighted by Crippen LogP contribution is 2.42. The second-order valence-corrected chi connectivity index (χ2v) is 13.9. The molecule has 0 fully saturated rings. The Morgan fingerprint density at radius 1 is 0.457 bits per heavy atom. The van der Waals surface area contributed by atoms with Crippen molar-refractivity contribution in [2.75, 3.05) is 0 Å². The van der Waals surface area contributed by atoms with Crippen LogP contribution in [-0.4, -0.2) is 15.0 Å². The predicted octanol–water partition coefficient (Wildman–Crippen LogP) is 12.2. The number of halogens is 1. The Labute approximate surface area is 275 Å². The fourth-order valence-corrected chi connectivity index (χ4v) is 9.00. The minimum atomic E-state index is 0.577. The Bertz CT molecular complexity index is 2720. The molecule has 0 unspecified atom stereocenters. The maximum atomic E-state index is 6.78. The molecule has 10 aromatic rings. The van der Waals surface area contributed by atoms with Gasteiger partial charge < -0.3 is 4.42 Å². The average Bonchev–Trinajstić information content (AvgIpc) is 3.78. The van der Waals surface area contributed by atoms with Crippen LogP contribution >= 0.6 is 34.3 Å². The standard InChI is InChI=1S/C39H20ClN3OS2/c40-23-19-29-27-9-3-6-12-34(27)46-36(29)30(20-23)39-42-37(21-13-15-25-24-7-1-4-10-31(24)44-32(25)17-21)41-38(43-39)22-14-16-28-26-8-2-5-11-33(26)45-35(28)18-22/h1-20H.